The highest BCUT2D eigenvalue weighted by Crippen LogP contribution is 2.23. The Labute approximate surface area is 147 Å². The van der Waals surface area contributed by atoms with Crippen molar-refractivity contribution >= 4 is 21.8 Å². The lowest BCUT2D eigenvalue weighted by Gasteiger charge is -2.18. The lowest BCUT2D eigenvalue weighted by molar-refractivity contribution is -0.123. The van der Waals surface area contributed by atoms with Gasteiger partial charge < -0.3 is 10.1 Å². The number of carbonyl (C=O) groups is 1. The van der Waals surface area contributed by atoms with E-state index in [0.29, 0.717) is 24.6 Å². The lowest BCUT2D eigenvalue weighted by atomic mass is 10.0. The first-order valence-corrected chi connectivity index (χ1v) is 9.92. The standard InChI is InChI=1S/C17H23N3O4S/c1-11(2)15(17(21)18-9-12-7-8-24-10-12)19-16-13-5-3-4-6-14(13)25(22,23)20-16/h3-6,11-12,15H,7-10H2,1-2H3,(H,18,21)(H,19,20)/t12?,15-/m0/s1. The molecule has 7 nitrogen and oxygen atoms in total. The number of rotatable bonds is 5. The molecule has 0 aromatic heterocycles. The average molecular weight is 365 g/mol. The van der Waals surface area contributed by atoms with Crippen molar-refractivity contribution < 1.29 is 17.9 Å². The molecule has 0 spiro atoms. The van der Waals surface area contributed by atoms with Gasteiger partial charge in [-0.25, -0.2) is 8.42 Å². The molecule has 1 aromatic carbocycles. The number of aliphatic imine (C=N–C) groups is 1. The summed E-state index contributed by atoms with van der Waals surface area (Å²) in [6.07, 6.45) is 0.939. The smallest absolute Gasteiger partial charge is 0.263 e. The average Bonchev–Trinajstić information content (AvgIpc) is 3.17. The zero-order chi connectivity index (χ0) is 18.0. The summed E-state index contributed by atoms with van der Waals surface area (Å²) in [4.78, 5) is 17.2. The lowest BCUT2D eigenvalue weighted by Crippen LogP contribution is -2.40. The topological polar surface area (TPSA) is 96.9 Å². The first-order chi connectivity index (χ1) is 11.9. The normalized spacial score (nSPS) is 24.1. The highest BCUT2D eigenvalue weighted by molar-refractivity contribution is 7.90. The van der Waals surface area contributed by atoms with Crippen LogP contribution < -0.4 is 10.0 Å². The van der Waals surface area contributed by atoms with Gasteiger partial charge in [-0.15, -0.1) is 0 Å². The molecule has 0 bridgehead atoms. The first kappa shape index (κ1) is 17.9. The number of hydrogen-bond acceptors (Lipinski definition) is 5. The number of nitrogens with one attached hydrogen (secondary N) is 2. The molecule has 1 aromatic rings. The van der Waals surface area contributed by atoms with Crippen LogP contribution in [0.3, 0.4) is 0 Å². The molecule has 2 aliphatic rings. The van der Waals surface area contributed by atoms with Gasteiger partial charge in [-0.3, -0.25) is 14.5 Å². The van der Waals surface area contributed by atoms with Crippen LogP contribution in [0.2, 0.25) is 0 Å². The van der Waals surface area contributed by atoms with Crippen LogP contribution in [0.4, 0.5) is 0 Å². The zero-order valence-electron chi connectivity index (χ0n) is 14.4. The molecule has 25 heavy (non-hydrogen) atoms. The zero-order valence-corrected chi connectivity index (χ0v) is 15.2. The minimum atomic E-state index is -3.61. The Morgan fingerprint density at radius 2 is 2.16 bits per heavy atom. The summed E-state index contributed by atoms with van der Waals surface area (Å²) in [5.41, 5.74) is 0.505. The number of sulfonamides is 1. The van der Waals surface area contributed by atoms with Crippen molar-refractivity contribution in [1.29, 1.82) is 0 Å². The van der Waals surface area contributed by atoms with Gasteiger partial charge in [0.2, 0.25) is 5.91 Å². The van der Waals surface area contributed by atoms with Crippen LogP contribution in [0.1, 0.15) is 25.8 Å². The second kappa shape index (κ2) is 7.13. The molecule has 1 saturated heterocycles. The van der Waals surface area contributed by atoms with Gasteiger partial charge in [0, 0.05) is 24.6 Å². The van der Waals surface area contributed by atoms with Crippen LogP contribution >= 0.6 is 0 Å². The van der Waals surface area contributed by atoms with Gasteiger partial charge in [-0.05, 0) is 24.5 Å². The molecule has 2 N–H and O–H groups in total. The predicted molar refractivity (Wildman–Crippen MR) is 93.9 cm³/mol. The van der Waals surface area contributed by atoms with E-state index >= 15 is 0 Å². The molecule has 3 rings (SSSR count). The quantitative estimate of drug-likeness (QED) is 0.810. The van der Waals surface area contributed by atoms with Crippen molar-refractivity contribution in [1.82, 2.24) is 10.0 Å². The molecule has 2 aliphatic heterocycles. The number of benzene rings is 1. The van der Waals surface area contributed by atoms with Gasteiger partial charge in [-0.2, -0.15) is 0 Å². The maximum atomic E-state index is 12.6. The number of hydrogen-bond donors (Lipinski definition) is 2. The Balaban J connectivity index is 1.79. The van der Waals surface area contributed by atoms with Crippen LogP contribution in [0, 0.1) is 11.8 Å². The molecule has 1 fully saturated rings. The summed E-state index contributed by atoms with van der Waals surface area (Å²) in [6, 6.07) is 5.98. The fourth-order valence-electron chi connectivity index (χ4n) is 2.97. The van der Waals surface area contributed by atoms with Crippen molar-refractivity contribution in [2.24, 2.45) is 16.8 Å². The van der Waals surface area contributed by atoms with Crippen LogP contribution in [0.15, 0.2) is 34.2 Å². The maximum absolute atomic E-state index is 12.6. The second-order valence-corrected chi connectivity index (χ2v) is 8.39. The van der Waals surface area contributed by atoms with Crippen LogP contribution in [-0.4, -0.2) is 46.0 Å². The van der Waals surface area contributed by atoms with Crippen molar-refractivity contribution in [2.75, 3.05) is 19.8 Å². The summed E-state index contributed by atoms with van der Waals surface area (Å²) >= 11 is 0. The fraction of sp³-hybridized carbons (Fsp3) is 0.529. The van der Waals surface area contributed by atoms with Gasteiger partial charge in [0.25, 0.3) is 10.0 Å². The molecular weight excluding hydrogens is 342 g/mol. The third-order valence-corrected chi connectivity index (χ3v) is 5.82. The fourth-order valence-corrected chi connectivity index (χ4v) is 4.21. The molecular formula is C17H23N3O4S. The van der Waals surface area contributed by atoms with E-state index in [1.165, 1.54) is 6.07 Å². The highest BCUT2D eigenvalue weighted by Gasteiger charge is 2.32. The van der Waals surface area contributed by atoms with Crippen LogP contribution in [0.5, 0.6) is 0 Å². The third kappa shape index (κ3) is 3.85. The number of amidine groups is 1. The third-order valence-electron chi connectivity index (χ3n) is 4.42. The van der Waals surface area contributed by atoms with Crippen molar-refractivity contribution in [2.45, 2.75) is 31.2 Å². The molecule has 136 valence electrons. The van der Waals surface area contributed by atoms with E-state index in [0.717, 1.165) is 13.0 Å². The Kier molecular flexibility index (Phi) is 5.10. The van der Waals surface area contributed by atoms with E-state index in [1.54, 1.807) is 18.2 Å². The van der Waals surface area contributed by atoms with Gasteiger partial charge in [0.15, 0.2) is 0 Å². The molecule has 1 unspecified atom stereocenters. The molecule has 0 aliphatic carbocycles. The van der Waals surface area contributed by atoms with Crippen molar-refractivity contribution in [3.63, 3.8) is 0 Å². The minimum Gasteiger partial charge on any atom is -0.381 e. The van der Waals surface area contributed by atoms with Gasteiger partial charge in [0.1, 0.15) is 11.9 Å². The van der Waals surface area contributed by atoms with E-state index in [1.807, 2.05) is 13.8 Å². The molecule has 2 atom stereocenters. The Hall–Kier alpha value is -1.93. The first-order valence-electron chi connectivity index (χ1n) is 8.44. The van der Waals surface area contributed by atoms with E-state index < -0.39 is 16.1 Å². The number of amides is 1. The Bertz CT molecular complexity index is 783. The highest BCUT2D eigenvalue weighted by atomic mass is 32.2. The van der Waals surface area contributed by atoms with E-state index in [4.69, 9.17) is 4.74 Å². The van der Waals surface area contributed by atoms with E-state index in [-0.39, 0.29) is 22.6 Å². The number of fused-ring (bicyclic) bond motifs is 1. The molecule has 0 saturated carbocycles. The summed E-state index contributed by atoms with van der Waals surface area (Å²) in [6.45, 7) is 5.73. The SMILES string of the molecule is CC(C)[C@H](N=C1NS(=O)(=O)c2ccccc21)C(=O)NCC1CCOC1. The van der Waals surface area contributed by atoms with Crippen molar-refractivity contribution in [3.8, 4) is 0 Å². The van der Waals surface area contributed by atoms with Crippen molar-refractivity contribution in [3.05, 3.63) is 29.8 Å². The Morgan fingerprint density at radius 1 is 1.40 bits per heavy atom. The number of ether oxygens (including phenoxy) is 1. The molecule has 1 amide bonds. The van der Waals surface area contributed by atoms with Crippen LogP contribution in [0.25, 0.3) is 0 Å². The number of carbonyl (C=O) groups excluding carboxylic acids is 1. The maximum Gasteiger partial charge on any atom is 0.263 e. The largest absolute Gasteiger partial charge is 0.381 e. The summed E-state index contributed by atoms with van der Waals surface area (Å²) < 4.78 is 32.1. The molecule has 2 heterocycles. The summed E-state index contributed by atoms with van der Waals surface area (Å²) in [7, 11) is -3.61. The second-order valence-electron chi connectivity index (χ2n) is 6.74. The monoisotopic (exact) mass is 365 g/mol. The van der Waals surface area contributed by atoms with Gasteiger partial charge in [-0.1, -0.05) is 26.0 Å². The Morgan fingerprint density at radius 3 is 2.84 bits per heavy atom. The van der Waals surface area contributed by atoms with E-state index in [9.17, 15) is 13.2 Å². The predicted octanol–water partition coefficient (Wildman–Crippen LogP) is 0.902. The summed E-state index contributed by atoms with van der Waals surface area (Å²) in [5.74, 6) is 0.298. The minimum absolute atomic E-state index is 0.0652. The van der Waals surface area contributed by atoms with Gasteiger partial charge in [0.05, 0.1) is 11.5 Å². The van der Waals surface area contributed by atoms with Crippen LogP contribution in [-0.2, 0) is 19.6 Å². The van der Waals surface area contributed by atoms with Gasteiger partial charge >= 0.3 is 0 Å². The molecule has 8 heteroatoms. The summed E-state index contributed by atoms with van der Waals surface area (Å²) in [5, 5.41) is 2.92. The van der Waals surface area contributed by atoms with E-state index in [2.05, 4.69) is 15.0 Å². The molecule has 0 radical (unpaired) electrons. The number of nitrogens with zero attached hydrogens (tertiary/aromatic N) is 1.